The molecule has 168 valence electrons. The summed E-state index contributed by atoms with van der Waals surface area (Å²) in [7, 11) is 0. The third kappa shape index (κ3) is 3.66. The molecular formula is C29H23ClN2O2. The van der Waals surface area contributed by atoms with Crippen LogP contribution in [-0.4, -0.2) is 11.8 Å². The van der Waals surface area contributed by atoms with Gasteiger partial charge in [-0.25, -0.2) is 4.90 Å². The number of nitrogens with zero attached hydrogens (tertiary/aromatic N) is 1. The molecule has 0 saturated carbocycles. The van der Waals surface area contributed by atoms with Crippen LogP contribution >= 0.6 is 11.6 Å². The number of carbonyl (C=O) groups is 2. The molecule has 0 bridgehead atoms. The summed E-state index contributed by atoms with van der Waals surface area (Å²) in [5.74, 6) is -0.734. The van der Waals surface area contributed by atoms with Gasteiger partial charge in [-0.2, -0.15) is 0 Å². The van der Waals surface area contributed by atoms with Gasteiger partial charge in [0.2, 0.25) is 0 Å². The van der Waals surface area contributed by atoms with E-state index in [4.69, 9.17) is 11.6 Å². The average Bonchev–Trinajstić information content (AvgIpc) is 3.06. The number of rotatable bonds is 4. The minimum Gasteiger partial charge on any atom is -0.350 e. The van der Waals surface area contributed by atoms with E-state index in [2.05, 4.69) is 5.32 Å². The minimum atomic E-state index is -0.385. The van der Waals surface area contributed by atoms with E-state index in [0.717, 1.165) is 33.2 Å². The van der Waals surface area contributed by atoms with Gasteiger partial charge in [0, 0.05) is 16.1 Å². The Morgan fingerprint density at radius 1 is 0.735 bits per heavy atom. The Balaban J connectivity index is 1.69. The number of hydrogen-bond donors (Lipinski definition) is 1. The van der Waals surface area contributed by atoms with Crippen LogP contribution in [0.3, 0.4) is 0 Å². The van der Waals surface area contributed by atoms with Crippen molar-refractivity contribution in [2.75, 3.05) is 10.2 Å². The van der Waals surface area contributed by atoms with Crippen LogP contribution < -0.4 is 10.2 Å². The molecule has 4 aromatic carbocycles. The Hall–Kier alpha value is -3.89. The lowest BCUT2D eigenvalue weighted by Gasteiger charge is -2.18. The smallest absolute Gasteiger partial charge is 0.282 e. The summed E-state index contributed by atoms with van der Waals surface area (Å²) < 4.78 is 0. The largest absolute Gasteiger partial charge is 0.350 e. The first-order chi connectivity index (χ1) is 16.3. The zero-order valence-corrected chi connectivity index (χ0v) is 19.9. The summed E-state index contributed by atoms with van der Waals surface area (Å²) in [6, 6.07) is 24.6. The van der Waals surface area contributed by atoms with E-state index in [1.165, 1.54) is 4.90 Å². The summed E-state index contributed by atoms with van der Waals surface area (Å²) in [6.07, 6.45) is 0. The molecule has 5 heteroatoms. The van der Waals surface area contributed by atoms with Gasteiger partial charge in [-0.1, -0.05) is 66.2 Å². The van der Waals surface area contributed by atoms with Crippen molar-refractivity contribution >= 4 is 51.1 Å². The number of fused-ring (bicyclic) bond motifs is 1. The molecular weight excluding hydrogens is 444 g/mol. The summed E-state index contributed by atoms with van der Waals surface area (Å²) >= 11 is 6.13. The summed E-state index contributed by atoms with van der Waals surface area (Å²) in [4.78, 5) is 29.0. The van der Waals surface area contributed by atoms with Gasteiger partial charge < -0.3 is 5.32 Å². The Bertz CT molecular complexity index is 1510. The summed E-state index contributed by atoms with van der Waals surface area (Å²) in [5.41, 5.74) is 5.66. The van der Waals surface area contributed by atoms with Crippen molar-refractivity contribution in [3.63, 3.8) is 0 Å². The molecule has 4 aromatic rings. The number of aryl methyl sites for hydroxylation is 3. The summed E-state index contributed by atoms with van der Waals surface area (Å²) in [5, 5.41) is 5.67. The number of hydrogen-bond acceptors (Lipinski definition) is 3. The average molecular weight is 467 g/mol. The molecule has 4 nitrogen and oxygen atoms in total. The maximum atomic E-state index is 13.9. The van der Waals surface area contributed by atoms with E-state index in [1.807, 2.05) is 93.6 Å². The fraction of sp³-hybridized carbons (Fsp3) is 0.103. The first-order valence-corrected chi connectivity index (χ1v) is 11.4. The Morgan fingerprint density at radius 3 is 2.26 bits per heavy atom. The molecule has 0 spiro atoms. The third-order valence-corrected chi connectivity index (χ3v) is 6.57. The second-order valence-electron chi connectivity index (χ2n) is 8.58. The Kier molecular flexibility index (Phi) is 5.46. The Labute approximate surface area is 203 Å². The molecule has 5 rings (SSSR count). The van der Waals surface area contributed by atoms with Crippen molar-refractivity contribution in [3.8, 4) is 0 Å². The van der Waals surface area contributed by atoms with E-state index in [1.54, 1.807) is 6.07 Å². The topological polar surface area (TPSA) is 49.4 Å². The van der Waals surface area contributed by atoms with Crippen LogP contribution in [0, 0.1) is 20.8 Å². The van der Waals surface area contributed by atoms with Crippen molar-refractivity contribution in [1.29, 1.82) is 0 Å². The molecule has 1 aliphatic heterocycles. The fourth-order valence-electron chi connectivity index (χ4n) is 4.33. The van der Waals surface area contributed by atoms with E-state index in [0.29, 0.717) is 21.8 Å². The van der Waals surface area contributed by atoms with E-state index in [-0.39, 0.29) is 17.5 Å². The van der Waals surface area contributed by atoms with Crippen LogP contribution in [0.25, 0.3) is 16.3 Å². The normalized spacial score (nSPS) is 13.8. The monoisotopic (exact) mass is 466 g/mol. The number of benzene rings is 4. The molecule has 0 aliphatic carbocycles. The highest BCUT2D eigenvalue weighted by atomic mass is 35.5. The van der Waals surface area contributed by atoms with Crippen molar-refractivity contribution in [2.24, 2.45) is 0 Å². The number of nitrogens with one attached hydrogen (secondary N) is 1. The molecule has 1 aliphatic rings. The quantitative estimate of drug-likeness (QED) is 0.336. The van der Waals surface area contributed by atoms with Gasteiger partial charge in [0.1, 0.15) is 5.70 Å². The third-order valence-electron chi connectivity index (χ3n) is 6.34. The van der Waals surface area contributed by atoms with Gasteiger partial charge in [0.15, 0.2) is 0 Å². The van der Waals surface area contributed by atoms with Crippen molar-refractivity contribution in [3.05, 3.63) is 112 Å². The molecule has 0 atom stereocenters. The number of imide groups is 1. The van der Waals surface area contributed by atoms with Crippen LogP contribution in [0.1, 0.15) is 22.3 Å². The van der Waals surface area contributed by atoms with Gasteiger partial charge in [0.05, 0.1) is 11.3 Å². The standard InChI is InChI=1S/C29H23ClN2O2/c1-17-11-12-21(15-18(17)2)26-27(31-24-14-13-22(30)16-19(24)3)29(34)32(28(26)33)25-10-6-8-20-7-4-5-9-23(20)25/h4-16,31H,1-3H3. The highest BCUT2D eigenvalue weighted by Gasteiger charge is 2.41. The Morgan fingerprint density at radius 2 is 1.50 bits per heavy atom. The maximum absolute atomic E-state index is 13.9. The van der Waals surface area contributed by atoms with Crippen LogP contribution in [-0.2, 0) is 9.59 Å². The van der Waals surface area contributed by atoms with Crippen molar-refractivity contribution < 1.29 is 9.59 Å². The number of anilines is 2. The molecule has 1 N–H and O–H groups in total. The lowest BCUT2D eigenvalue weighted by atomic mass is 9.99. The second kappa shape index (κ2) is 8.47. The number of halogens is 1. The van der Waals surface area contributed by atoms with Crippen molar-refractivity contribution in [1.82, 2.24) is 0 Å². The van der Waals surface area contributed by atoms with Crippen LogP contribution in [0.5, 0.6) is 0 Å². The molecule has 1 heterocycles. The van der Waals surface area contributed by atoms with Gasteiger partial charge in [-0.3, -0.25) is 9.59 Å². The zero-order valence-electron chi connectivity index (χ0n) is 19.1. The maximum Gasteiger partial charge on any atom is 0.282 e. The minimum absolute atomic E-state index is 0.256. The zero-order chi connectivity index (χ0) is 24.0. The van der Waals surface area contributed by atoms with E-state index < -0.39 is 0 Å². The predicted molar refractivity (Wildman–Crippen MR) is 139 cm³/mol. The fourth-order valence-corrected chi connectivity index (χ4v) is 4.56. The molecule has 0 saturated heterocycles. The van der Waals surface area contributed by atoms with Crippen LogP contribution in [0.15, 0.2) is 84.6 Å². The molecule has 0 radical (unpaired) electrons. The summed E-state index contributed by atoms with van der Waals surface area (Å²) in [6.45, 7) is 5.93. The lowest BCUT2D eigenvalue weighted by Crippen LogP contribution is -2.32. The lowest BCUT2D eigenvalue weighted by molar-refractivity contribution is -0.120. The van der Waals surface area contributed by atoms with Crippen LogP contribution in [0.2, 0.25) is 5.02 Å². The second-order valence-corrected chi connectivity index (χ2v) is 9.01. The molecule has 34 heavy (non-hydrogen) atoms. The number of amides is 2. The van der Waals surface area contributed by atoms with Gasteiger partial charge in [0.25, 0.3) is 11.8 Å². The predicted octanol–water partition coefficient (Wildman–Crippen LogP) is 6.82. The molecule has 0 aromatic heterocycles. The highest BCUT2D eigenvalue weighted by molar-refractivity contribution is 6.47. The molecule has 0 unspecified atom stereocenters. The first-order valence-electron chi connectivity index (χ1n) is 11.1. The molecule has 2 amide bonds. The first kappa shape index (κ1) is 21.9. The van der Waals surface area contributed by atoms with Crippen LogP contribution in [0.4, 0.5) is 11.4 Å². The molecule has 0 fully saturated rings. The van der Waals surface area contributed by atoms with E-state index >= 15 is 0 Å². The van der Waals surface area contributed by atoms with Gasteiger partial charge in [-0.05, 0) is 72.7 Å². The van der Waals surface area contributed by atoms with Gasteiger partial charge >= 0.3 is 0 Å². The van der Waals surface area contributed by atoms with Crippen molar-refractivity contribution in [2.45, 2.75) is 20.8 Å². The number of carbonyl (C=O) groups excluding carboxylic acids is 2. The highest BCUT2D eigenvalue weighted by Crippen LogP contribution is 2.37. The SMILES string of the molecule is Cc1ccc(C2=C(Nc3ccc(Cl)cc3C)C(=O)N(c3cccc4ccccc34)C2=O)cc1C. The van der Waals surface area contributed by atoms with E-state index in [9.17, 15) is 9.59 Å². The van der Waals surface area contributed by atoms with Gasteiger partial charge in [-0.15, -0.1) is 0 Å².